The van der Waals surface area contributed by atoms with Crippen molar-refractivity contribution in [1.82, 2.24) is 15.0 Å². The fourth-order valence-electron chi connectivity index (χ4n) is 3.52. The first-order valence-electron chi connectivity index (χ1n) is 9.91. The van der Waals surface area contributed by atoms with Gasteiger partial charge in [-0.3, -0.25) is 4.79 Å². The number of oxazole rings is 1. The van der Waals surface area contributed by atoms with E-state index in [-0.39, 0.29) is 11.8 Å². The van der Waals surface area contributed by atoms with Crippen LogP contribution in [0.1, 0.15) is 12.8 Å². The van der Waals surface area contributed by atoms with Crippen LogP contribution >= 0.6 is 0 Å². The number of nitrogens with zero attached hydrogens (tertiary/aromatic N) is 3. The summed E-state index contributed by atoms with van der Waals surface area (Å²) >= 11 is 0. The highest BCUT2D eigenvalue weighted by atomic mass is 16.5. The molecule has 0 atom stereocenters. The van der Waals surface area contributed by atoms with Crippen molar-refractivity contribution in [2.75, 3.05) is 31.9 Å². The molecule has 1 aromatic carbocycles. The average molecular weight is 419 g/mol. The van der Waals surface area contributed by atoms with Gasteiger partial charge >= 0.3 is 0 Å². The summed E-state index contributed by atoms with van der Waals surface area (Å²) in [5.74, 6) is 2.76. The number of carbonyl (C=O) groups excluding carboxylic acids is 1. The molecule has 9 heteroatoms. The molecule has 0 saturated heterocycles. The van der Waals surface area contributed by atoms with Gasteiger partial charge in [-0.1, -0.05) is 0 Å². The molecule has 5 rings (SSSR count). The lowest BCUT2D eigenvalue weighted by atomic mass is 10.1. The Morgan fingerprint density at radius 3 is 2.55 bits per heavy atom. The fourth-order valence-corrected chi connectivity index (χ4v) is 3.52. The minimum atomic E-state index is -0.00246. The van der Waals surface area contributed by atoms with Gasteiger partial charge in [0.1, 0.15) is 17.2 Å². The Morgan fingerprint density at radius 2 is 1.84 bits per heavy atom. The number of hydrogen-bond acceptors (Lipinski definition) is 8. The number of amides is 1. The smallest absolute Gasteiger partial charge is 0.229 e. The topological polar surface area (TPSA) is 111 Å². The van der Waals surface area contributed by atoms with Crippen molar-refractivity contribution < 1.29 is 18.7 Å². The van der Waals surface area contributed by atoms with Crippen LogP contribution in [0.15, 0.2) is 35.0 Å². The number of rotatable bonds is 6. The molecule has 1 fully saturated rings. The normalized spacial score (nSPS) is 13.4. The van der Waals surface area contributed by atoms with Crippen molar-refractivity contribution in [3.8, 4) is 23.0 Å². The summed E-state index contributed by atoms with van der Waals surface area (Å²) in [7, 11) is 4.94. The molecule has 1 aliphatic rings. The highest BCUT2D eigenvalue weighted by molar-refractivity contribution is 6.03. The van der Waals surface area contributed by atoms with E-state index >= 15 is 0 Å². The standard InChI is InChI=1S/C22H21N5O4/c1-23-20-13-9-24-19(27-21(28)11-4-5-11)6-12(13)14(10-25-20)22-26-15-7-17(29-2)18(30-3)8-16(15)31-22/h6-11H,4-5H2,1-3H3,(H,23,25)(H,24,27,28). The molecule has 4 aromatic rings. The number of hydrogen-bond donors (Lipinski definition) is 2. The molecule has 0 aliphatic heterocycles. The van der Waals surface area contributed by atoms with Crippen LogP contribution in [-0.2, 0) is 4.79 Å². The van der Waals surface area contributed by atoms with Crippen molar-refractivity contribution in [2.24, 2.45) is 5.92 Å². The molecule has 0 spiro atoms. The van der Waals surface area contributed by atoms with E-state index in [1.807, 2.05) is 6.07 Å². The number of benzene rings is 1. The van der Waals surface area contributed by atoms with Gasteiger partial charge in [0.2, 0.25) is 11.8 Å². The third kappa shape index (κ3) is 3.37. The SMILES string of the molecule is CNc1ncc(-c2nc3cc(OC)c(OC)cc3o2)c2cc(NC(=O)C3CC3)ncc12. The first-order valence-corrected chi connectivity index (χ1v) is 9.91. The summed E-state index contributed by atoms with van der Waals surface area (Å²) in [4.78, 5) is 25.7. The molecule has 0 radical (unpaired) electrons. The van der Waals surface area contributed by atoms with Gasteiger partial charge < -0.3 is 24.5 Å². The maximum atomic E-state index is 12.2. The van der Waals surface area contributed by atoms with E-state index in [2.05, 4.69) is 25.6 Å². The van der Waals surface area contributed by atoms with Crippen molar-refractivity contribution >= 4 is 39.4 Å². The predicted molar refractivity (Wildman–Crippen MR) is 117 cm³/mol. The average Bonchev–Trinajstić information content (AvgIpc) is 3.57. The number of methoxy groups -OCH3 is 2. The third-order valence-electron chi connectivity index (χ3n) is 5.33. The number of aromatic nitrogens is 3. The van der Waals surface area contributed by atoms with E-state index in [1.54, 1.807) is 45.8 Å². The van der Waals surface area contributed by atoms with Gasteiger partial charge in [-0.25, -0.2) is 15.0 Å². The maximum Gasteiger partial charge on any atom is 0.229 e. The van der Waals surface area contributed by atoms with Crippen LogP contribution < -0.4 is 20.1 Å². The van der Waals surface area contributed by atoms with E-state index in [4.69, 9.17) is 13.9 Å². The van der Waals surface area contributed by atoms with Crippen LogP contribution in [0.2, 0.25) is 0 Å². The van der Waals surface area contributed by atoms with Crippen LogP contribution in [0.3, 0.4) is 0 Å². The molecule has 3 aromatic heterocycles. The van der Waals surface area contributed by atoms with Crippen LogP contribution in [-0.4, -0.2) is 42.1 Å². The number of carbonyl (C=O) groups is 1. The molecule has 9 nitrogen and oxygen atoms in total. The fraction of sp³-hybridized carbons (Fsp3) is 0.273. The lowest BCUT2D eigenvalue weighted by Crippen LogP contribution is -2.14. The molecule has 158 valence electrons. The minimum absolute atomic E-state index is 0.00246. The van der Waals surface area contributed by atoms with E-state index in [9.17, 15) is 4.79 Å². The van der Waals surface area contributed by atoms with E-state index < -0.39 is 0 Å². The molecular weight excluding hydrogens is 398 g/mol. The van der Waals surface area contributed by atoms with Gasteiger partial charge in [-0.2, -0.15) is 0 Å². The van der Waals surface area contributed by atoms with Crippen LogP contribution in [0.4, 0.5) is 11.6 Å². The Hall–Kier alpha value is -3.88. The first kappa shape index (κ1) is 19.1. The van der Waals surface area contributed by atoms with Crippen molar-refractivity contribution in [2.45, 2.75) is 12.8 Å². The zero-order chi connectivity index (χ0) is 21.5. The number of anilines is 2. The molecule has 1 amide bonds. The lowest BCUT2D eigenvalue weighted by molar-refractivity contribution is -0.117. The third-order valence-corrected chi connectivity index (χ3v) is 5.33. The summed E-state index contributed by atoms with van der Waals surface area (Å²) < 4.78 is 16.7. The molecule has 1 saturated carbocycles. The van der Waals surface area contributed by atoms with Gasteiger partial charge in [0, 0.05) is 48.3 Å². The maximum absolute atomic E-state index is 12.2. The number of ether oxygens (including phenoxy) is 2. The largest absolute Gasteiger partial charge is 0.493 e. The van der Waals surface area contributed by atoms with E-state index in [1.165, 1.54) is 0 Å². The van der Waals surface area contributed by atoms with Gasteiger partial charge in [0.25, 0.3) is 0 Å². The Labute approximate surface area is 177 Å². The second kappa shape index (κ2) is 7.42. The van der Waals surface area contributed by atoms with Crippen LogP contribution in [0.25, 0.3) is 33.3 Å². The second-order valence-corrected chi connectivity index (χ2v) is 7.34. The lowest BCUT2D eigenvalue weighted by Gasteiger charge is -2.10. The Bertz CT molecular complexity index is 1270. The summed E-state index contributed by atoms with van der Waals surface area (Å²) in [6, 6.07) is 5.33. The quantitative estimate of drug-likeness (QED) is 0.485. The van der Waals surface area contributed by atoms with Crippen molar-refractivity contribution in [3.05, 3.63) is 30.6 Å². The molecule has 0 unspecified atom stereocenters. The number of pyridine rings is 2. The van der Waals surface area contributed by atoms with Gasteiger partial charge in [0.05, 0.1) is 19.8 Å². The molecule has 0 bridgehead atoms. The summed E-state index contributed by atoms with van der Waals surface area (Å²) in [6.07, 6.45) is 5.23. The Balaban J connectivity index is 1.65. The van der Waals surface area contributed by atoms with Crippen LogP contribution in [0.5, 0.6) is 11.5 Å². The number of fused-ring (bicyclic) bond motifs is 2. The van der Waals surface area contributed by atoms with E-state index in [0.29, 0.717) is 45.7 Å². The van der Waals surface area contributed by atoms with Crippen molar-refractivity contribution in [3.63, 3.8) is 0 Å². The molecule has 31 heavy (non-hydrogen) atoms. The highest BCUT2D eigenvalue weighted by Gasteiger charge is 2.30. The minimum Gasteiger partial charge on any atom is -0.493 e. The van der Waals surface area contributed by atoms with E-state index in [0.717, 1.165) is 23.6 Å². The molecule has 3 heterocycles. The number of nitrogens with one attached hydrogen (secondary N) is 2. The van der Waals surface area contributed by atoms with Crippen LogP contribution in [0, 0.1) is 5.92 Å². The zero-order valence-electron chi connectivity index (χ0n) is 17.4. The van der Waals surface area contributed by atoms with Gasteiger partial charge in [-0.05, 0) is 18.9 Å². The second-order valence-electron chi connectivity index (χ2n) is 7.34. The Kier molecular flexibility index (Phi) is 4.58. The molecule has 2 N–H and O–H groups in total. The summed E-state index contributed by atoms with van der Waals surface area (Å²) in [6.45, 7) is 0. The summed E-state index contributed by atoms with van der Waals surface area (Å²) in [5, 5.41) is 7.57. The van der Waals surface area contributed by atoms with Gasteiger partial charge in [-0.15, -0.1) is 0 Å². The first-order chi connectivity index (χ1) is 15.1. The summed E-state index contributed by atoms with van der Waals surface area (Å²) in [5.41, 5.74) is 1.89. The molecular formula is C22H21N5O4. The van der Waals surface area contributed by atoms with Gasteiger partial charge in [0.15, 0.2) is 17.1 Å². The highest BCUT2D eigenvalue weighted by Crippen LogP contribution is 2.37. The predicted octanol–water partition coefficient (Wildman–Crippen LogP) is 3.85. The molecule has 1 aliphatic carbocycles. The Morgan fingerprint density at radius 1 is 1.06 bits per heavy atom. The monoisotopic (exact) mass is 419 g/mol. The zero-order valence-corrected chi connectivity index (χ0v) is 17.4. The van der Waals surface area contributed by atoms with Crippen molar-refractivity contribution in [1.29, 1.82) is 0 Å².